The van der Waals surface area contributed by atoms with Crippen LogP contribution in [-0.4, -0.2) is 52.2 Å². The number of hydrogen-bond donors (Lipinski definition) is 4. The first kappa shape index (κ1) is 21.2. The minimum atomic E-state index is -1.09. The maximum atomic E-state index is 13.0. The van der Waals surface area contributed by atoms with Crippen molar-refractivity contribution in [3.05, 3.63) is 53.6 Å². The number of aliphatic hydroxyl groups is 3. The van der Waals surface area contributed by atoms with Crippen LogP contribution in [0.2, 0.25) is 0 Å². The summed E-state index contributed by atoms with van der Waals surface area (Å²) < 4.78 is 18.6. The minimum Gasteiger partial charge on any atom is -0.394 e. The lowest BCUT2D eigenvalue weighted by Crippen LogP contribution is -2.49. The lowest BCUT2D eigenvalue weighted by molar-refractivity contribution is -0.178. The number of carbonyl (C=O) groups excluding carboxylic acids is 1. The van der Waals surface area contributed by atoms with E-state index in [0.717, 1.165) is 11.1 Å². The van der Waals surface area contributed by atoms with Crippen molar-refractivity contribution in [2.45, 2.75) is 43.7 Å². The zero-order valence-electron chi connectivity index (χ0n) is 15.7. The van der Waals surface area contributed by atoms with Crippen LogP contribution in [0.5, 0.6) is 5.75 Å². The molecule has 0 radical (unpaired) electrons. The molecule has 7 nitrogen and oxygen atoms in total. The smallest absolute Gasteiger partial charge is 0.248 e. The first-order valence-corrected chi connectivity index (χ1v) is 9.37. The van der Waals surface area contributed by atoms with Gasteiger partial charge in [0.25, 0.3) is 0 Å². The van der Waals surface area contributed by atoms with Crippen molar-refractivity contribution >= 4 is 5.91 Å². The number of benzene rings is 2. The van der Waals surface area contributed by atoms with E-state index in [0.29, 0.717) is 17.5 Å². The number of ether oxygens (including phenoxy) is 1. The Kier molecular flexibility index (Phi) is 6.81. The van der Waals surface area contributed by atoms with Gasteiger partial charge >= 0.3 is 0 Å². The third kappa shape index (κ3) is 4.91. The van der Waals surface area contributed by atoms with E-state index in [9.17, 15) is 24.6 Å². The van der Waals surface area contributed by atoms with Crippen molar-refractivity contribution in [1.29, 1.82) is 0 Å². The molecule has 1 fully saturated rings. The van der Waals surface area contributed by atoms with Gasteiger partial charge in [-0.3, -0.25) is 9.74 Å². The van der Waals surface area contributed by atoms with Gasteiger partial charge in [-0.2, -0.15) is 0 Å². The maximum absolute atomic E-state index is 13.0. The van der Waals surface area contributed by atoms with Gasteiger partial charge in [-0.25, -0.2) is 0 Å². The molecule has 2 aromatic carbocycles. The van der Waals surface area contributed by atoms with Crippen molar-refractivity contribution < 1.29 is 34.3 Å². The molecule has 5 N–H and O–H groups in total. The van der Waals surface area contributed by atoms with Crippen molar-refractivity contribution in [1.82, 2.24) is 0 Å². The number of rotatable bonds is 7. The van der Waals surface area contributed by atoms with Crippen LogP contribution in [0.4, 0.5) is 4.53 Å². The second kappa shape index (κ2) is 9.32. The lowest BCUT2D eigenvalue weighted by Gasteiger charge is -2.36. The maximum Gasteiger partial charge on any atom is 0.248 e. The van der Waals surface area contributed by atoms with Crippen LogP contribution in [-0.2, 0) is 11.2 Å². The predicted octanol–water partition coefficient (Wildman–Crippen LogP) is 1.52. The highest BCUT2D eigenvalue weighted by molar-refractivity contribution is 5.94. The van der Waals surface area contributed by atoms with E-state index in [1.165, 1.54) is 6.07 Å². The SMILES string of the molecule is NC(=O)c1cccc(-c2ccc(OF)c(CCC3OC(CO)CC(O)C3O)c2)c1. The van der Waals surface area contributed by atoms with Crippen LogP contribution in [0.1, 0.15) is 28.8 Å². The summed E-state index contributed by atoms with van der Waals surface area (Å²) in [7, 11) is 0. The average Bonchev–Trinajstić information content (AvgIpc) is 2.74. The Morgan fingerprint density at radius 2 is 1.97 bits per heavy atom. The molecule has 0 spiro atoms. The molecule has 0 saturated carbocycles. The van der Waals surface area contributed by atoms with Crippen molar-refractivity contribution in [2.75, 3.05) is 6.61 Å². The van der Waals surface area contributed by atoms with Gasteiger partial charge in [0.05, 0.1) is 24.9 Å². The highest BCUT2D eigenvalue weighted by atomic mass is 19.3. The highest BCUT2D eigenvalue weighted by Crippen LogP contribution is 2.30. The van der Waals surface area contributed by atoms with Gasteiger partial charge in [0.15, 0.2) is 5.75 Å². The fourth-order valence-electron chi connectivity index (χ4n) is 3.58. The van der Waals surface area contributed by atoms with Crippen LogP contribution in [0.15, 0.2) is 42.5 Å². The molecule has 1 amide bonds. The number of carbonyl (C=O) groups is 1. The van der Waals surface area contributed by atoms with E-state index >= 15 is 0 Å². The second-order valence-corrected chi connectivity index (χ2v) is 7.16. The zero-order valence-corrected chi connectivity index (χ0v) is 15.7. The highest BCUT2D eigenvalue weighted by Gasteiger charge is 2.36. The number of amides is 1. The van der Waals surface area contributed by atoms with Gasteiger partial charge in [-0.1, -0.05) is 18.2 Å². The van der Waals surface area contributed by atoms with E-state index < -0.39 is 30.3 Å². The van der Waals surface area contributed by atoms with Gasteiger partial charge in [0.2, 0.25) is 5.91 Å². The Morgan fingerprint density at radius 1 is 1.21 bits per heavy atom. The first-order valence-electron chi connectivity index (χ1n) is 9.37. The summed E-state index contributed by atoms with van der Waals surface area (Å²) in [5, 5.41) is 29.4. The van der Waals surface area contributed by atoms with Crippen LogP contribution >= 0.6 is 0 Å². The molecule has 1 aliphatic heterocycles. The van der Waals surface area contributed by atoms with Crippen LogP contribution in [0.25, 0.3) is 11.1 Å². The molecule has 1 saturated heterocycles. The lowest BCUT2D eigenvalue weighted by atomic mass is 9.92. The Bertz CT molecular complexity index is 861. The number of primary amides is 1. The minimum absolute atomic E-state index is 0.0318. The number of aliphatic hydroxyl groups excluding tert-OH is 3. The molecule has 4 unspecified atom stereocenters. The molecule has 29 heavy (non-hydrogen) atoms. The topological polar surface area (TPSA) is 122 Å². The summed E-state index contributed by atoms with van der Waals surface area (Å²) in [6.45, 7) is -0.259. The van der Waals surface area contributed by atoms with E-state index in [1.807, 2.05) is 0 Å². The third-order valence-corrected chi connectivity index (χ3v) is 5.17. The normalized spacial score (nSPS) is 24.3. The molecular formula is C21H24FNO6. The summed E-state index contributed by atoms with van der Waals surface area (Å²) >= 11 is 0. The molecule has 4 atom stereocenters. The summed E-state index contributed by atoms with van der Waals surface area (Å²) in [5.41, 5.74) is 7.69. The monoisotopic (exact) mass is 405 g/mol. The predicted molar refractivity (Wildman–Crippen MR) is 103 cm³/mol. The molecular weight excluding hydrogens is 381 g/mol. The van der Waals surface area contributed by atoms with E-state index in [1.54, 1.807) is 36.4 Å². The van der Waals surface area contributed by atoms with E-state index in [4.69, 9.17) is 10.5 Å². The number of hydrogen-bond acceptors (Lipinski definition) is 6. The van der Waals surface area contributed by atoms with Crippen molar-refractivity contribution in [3.8, 4) is 16.9 Å². The standard InChI is InChI=1S/C21H24FNO6/c22-29-18-6-4-13(12-2-1-3-15(9-12)21(23)27)8-14(18)5-7-19-20(26)17(25)10-16(11-24)28-19/h1-4,6,8-9,16-17,19-20,24-26H,5,7,10-11H2,(H2,23,27). The van der Waals surface area contributed by atoms with Crippen molar-refractivity contribution in [2.24, 2.45) is 5.73 Å². The summed E-state index contributed by atoms with van der Waals surface area (Å²) in [6, 6.07) is 11.6. The average molecular weight is 405 g/mol. The molecule has 8 heteroatoms. The van der Waals surface area contributed by atoms with E-state index in [-0.39, 0.29) is 25.2 Å². The second-order valence-electron chi connectivity index (χ2n) is 7.16. The summed E-state index contributed by atoms with van der Waals surface area (Å²) in [6.07, 6.45) is -2.61. The molecule has 156 valence electrons. The Hall–Kier alpha value is -2.52. The van der Waals surface area contributed by atoms with E-state index in [2.05, 4.69) is 4.94 Å². The molecule has 3 rings (SSSR count). The third-order valence-electron chi connectivity index (χ3n) is 5.17. The van der Waals surface area contributed by atoms with Gasteiger partial charge < -0.3 is 25.8 Å². The molecule has 0 aromatic heterocycles. The fourth-order valence-corrected chi connectivity index (χ4v) is 3.58. The largest absolute Gasteiger partial charge is 0.394 e. The number of halogens is 1. The van der Waals surface area contributed by atoms with Crippen LogP contribution in [0.3, 0.4) is 0 Å². The van der Waals surface area contributed by atoms with Crippen LogP contribution < -0.4 is 10.7 Å². The molecule has 1 heterocycles. The molecule has 0 aliphatic carbocycles. The quantitative estimate of drug-likeness (QED) is 0.554. The Morgan fingerprint density at radius 3 is 2.66 bits per heavy atom. The summed E-state index contributed by atoms with van der Waals surface area (Å²) in [4.78, 5) is 15.4. The van der Waals surface area contributed by atoms with Gasteiger partial charge in [-0.05, 0) is 53.8 Å². The molecule has 1 aliphatic rings. The van der Waals surface area contributed by atoms with Crippen LogP contribution in [0, 0.1) is 0 Å². The molecule has 0 bridgehead atoms. The molecule has 2 aromatic rings. The zero-order chi connectivity index (χ0) is 21.0. The first-order chi connectivity index (χ1) is 13.9. The van der Waals surface area contributed by atoms with Gasteiger partial charge in [0.1, 0.15) is 6.10 Å². The summed E-state index contributed by atoms with van der Waals surface area (Å²) in [5.74, 6) is -0.513. The van der Waals surface area contributed by atoms with Crippen molar-refractivity contribution in [3.63, 3.8) is 0 Å². The van der Waals surface area contributed by atoms with Gasteiger partial charge in [-0.15, -0.1) is 0 Å². The number of aryl methyl sites for hydroxylation is 1. The fraction of sp³-hybridized carbons (Fsp3) is 0.381. The van der Waals surface area contributed by atoms with Gasteiger partial charge in [0, 0.05) is 16.5 Å². The Balaban J connectivity index is 1.81. The number of nitrogens with two attached hydrogens (primary N) is 1. The Labute approximate surface area is 167 Å².